The summed E-state index contributed by atoms with van der Waals surface area (Å²) < 4.78 is 10.3. The van der Waals surface area contributed by atoms with Crippen LogP contribution in [0.5, 0.6) is 11.5 Å². The summed E-state index contributed by atoms with van der Waals surface area (Å²) in [7, 11) is 1.49. The van der Waals surface area contributed by atoms with Crippen LogP contribution in [0.4, 0.5) is 11.4 Å². The van der Waals surface area contributed by atoms with E-state index in [1.165, 1.54) is 19.2 Å². The quantitative estimate of drug-likeness (QED) is 0.652. The second-order valence-corrected chi connectivity index (χ2v) is 4.56. The van der Waals surface area contributed by atoms with E-state index in [9.17, 15) is 14.9 Å². The molecule has 0 aliphatic rings. The zero-order valence-electron chi connectivity index (χ0n) is 12.7. The van der Waals surface area contributed by atoms with Gasteiger partial charge in [0.25, 0.3) is 11.6 Å². The number of carbonyl (C=O) groups is 1. The molecule has 7 nitrogen and oxygen atoms in total. The van der Waals surface area contributed by atoms with Gasteiger partial charge in [-0.1, -0.05) is 6.07 Å². The van der Waals surface area contributed by atoms with Crippen molar-refractivity contribution in [3.05, 3.63) is 58.1 Å². The summed E-state index contributed by atoms with van der Waals surface area (Å²) in [4.78, 5) is 22.9. The molecule has 0 atom stereocenters. The zero-order chi connectivity index (χ0) is 16.8. The lowest BCUT2D eigenvalue weighted by atomic mass is 10.2. The van der Waals surface area contributed by atoms with Crippen molar-refractivity contribution in [1.29, 1.82) is 0 Å². The van der Waals surface area contributed by atoms with Crippen molar-refractivity contribution in [3.63, 3.8) is 0 Å². The van der Waals surface area contributed by atoms with E-state index in [0.29, 0.717) is 23.7 Å². The molecule has 0 unspecified atom stereocenters. The highest BCUT2D eigenvalue weighted by Gasteiger charge is 2.18. The van der Waals surface area contributed by atoms with E-state index >= 15 is 0 Å². The molecule has 2 rings (SSSR count). The van der Waals surface area contributed by atoms with Crippen molar-refractivity contribution in [2.45, 2.75) is 6.92 Å². The van der Waals surface area contributed by atoms with Crippen LogP contribution in [0.25, 0.3) is 0 Å². The number of ether oxygens (including phenoxy) is 2. The predicted octanol–water partition coefficient (Wildman–Crippen LogP) is 3.25. The average Bonchev–Trinajstić information content (AvgIpc) is 2.56. The molecular weight excluding hydrogens is 300 g/mol. The number of amides is 1. The van der Waals surface area contributed by atoms with Crippen LogP contribution >= 0.6 is 0 Å². The first-order valence-corrected chi connectivity index (χ1v) is 6.91. The largest absolute Gasteiger partial charge is 0.497 e. The second-order valence-electron chi connectivity index (χ2n) is 4.56. The maximum atomic E-state index is 12.2. The van der Waals surface area contributed by atoms with E-state index in [2.05, 4.69) is 5.32 Å². The number of nitro groups is 1. The van der Waals surface area contributed by atoms with Gasteiger partial charge in [0.05, 0.1) is 24.7 Å². The zero-order valence-corrected chi connectivity index (χ0v) is 12.7. The number of nitrogens with zero attached hydrogens (tertiary/aromatic N) is 1. The van der Waals surface area contributed by atoms with Gasteiger partial charge in [-0.05, 0) is 37.3 Å². The molecule has 0 heterocycles. The number of hydrogen-bond acceptors (Lipinski definition) is 5. The molecule has 0 saturated carbocycles. The van der Waals surface area contributed by atoms with Crippen molar-refractivity contribution in [2.75, 3.05) is 19.0 Å². The Kier molecular flexibility index (Phi) is 5.14. The molecule has 0 aliphatic carbocycles. The number of rotatable bonds is 6. The van der Waals surface area contributed by atoms with Gasteiger partial charge in [0, 0.05) is 5.56 Å². The van der Waals surface area contributed by atoms with Gasteiger partial charge in [-0.2, -0.15) is 0 Å². The molecule has 1 N–H and O–H groups in total. The molecular formula is C16H16N2O5. The number of anilines is 1. The number of nitrogens with one attached hydrogen (secondary N) is 1. The average molecular weight is 316 g/mol. The monoisotopic (exact) mass is 316 g/mol. The molecule has 0 saturated heterocycles. The summed E-state index contributed by atoms with van der Waals surface area (Å²) in [5, 5.41) is 13.7. The maximum Gasteiger partial charge on any atom is 0.296 e. The van der Waals surface area contributed by atoms with Gasteiger partial charge in [-0.25, -0.2) is 0 Å². The molecule has 2 aromatic carbocycles. The van der Waals surface area contributed by atoms with Gasteiger partial charge in [0.2, 0.25) is 0 Å². The molecule has 0 fully saturated rings. The Bertz CT molecular complexity index is 730. The summed E-state index contributed by atoms with van der Waals surface area (Å²) in [6.07, 6.45) is 0. The number of nitro benzene ring substituents is 1. The highest BCUT2D eigenvalue weighted by molar-refractivity contribution is 6.05. The van der Waals surface area contributed by atoms with Crippen LogP contribution in [-0.4, -0.2) is 24.5 Å². The Hall–Kier alpha value is -3.09. The van der Waals surface area contributed by atoms with E-state index in [0.717, 1.165) is 0 Å². The summed E-state index contributed by atoms with van der Waals surface area (Å²) >= 11 is 0. The van der Waals surface area contributed by atoms with Crippen LogP contribution in [0.2, 0.25) is 0 Å². The van der Waals surface area contributed by atoms with E-state index in [1.54, 1.807) is 37.3 Å². The van der Waals surface area contributed by atoms with E-state index in [4.69, 9.17) is 9.47 Å². The SMILES string of the molecule is CCOc1ccc(NC(=O)c2cccc(OC)c2)c([N+](=O)[O-])c1. The van der Waals surface area contributed by atoms with Crippen LogP contribution in [0, 0.1) is 10.1 Å². The highest BCUT2D eigenvalue weighted by atomic mass is 16.6. The third kappa shape index (κ3) is 3.97. The van der Waals surface area contributed by atoms with Crippen molar-refractivity contribution >= 4 is 17.3 Å². The fourth-order valence-electron chi connectivity index (χ4n) is 1.98. The molecule has 0 spiro atoms. The predicted molar refractivity (Wildman–Crippen MR) is 85.2 cm³/mol. The molecule has 7 heteroatoms. The van der Waals surface area contributed by atoms with E-state index in [-0.39, 0.29) is 11.4 Å². The van der Waals surface area contributed by atoms with Crippen molar-refractivity contribution in [2.24, 2.45) is 0 Å². The minimum Gasteiger partial charge on any atom is -0.497 e. The molecule has 1 amide bonds. The fourth-order valence-corrected chi connectivity index (χ4v) is 1.98. The lowest BCUT2D eigenvalue weighted by Crippen LogP contribution is -2.13. The Morgan fingerprint density at radius 3 is 2.65 bits per heavy atom. The Morgan fingerprint density at radius 2 is 2.00 bits per heavy atom. The van der Waals surface area contributed by atoms with Gasteiger partial charge in [0.15, 0.2) is 0 Å². The Morgan fingerprint density at radius 1 is 1.22 bits per heavy atom. The first-order chi connectivity index (χ1) is 11.0. The number of benzene rings is 2. The standard InChI is InChI=1S/C16H16N2O5/c1-3-23-13-7-8-14(15(10-13)18(20)21)17-16(19)11-5-4-6-12(9-11)22-2/h4-10H,3H2,1-2H3,(H,17,19). The number of hydrogen-bond donors (Lipinski definition) is 1. The maximum absolute atomic E-state index is 12.2. The lowest BCUT2D eigenvalue weighted by molar-refractivity contribution is -0.384. The van der Waals surface area contributed by atoms with Gasteiger partial charge < -0.3 is 14.8 Å². The van der Waals surface area contributed by atoms with Gasteiger partial charge in [-0.15, -0.1) is 0 Å². The van der Waals surface area contributed by atoms with Crippen LogP contribution < -0.4 is 14.8 Å². The van der Waals surface area contributed by atoms with Crippen molar-refractivity contribution in [1.82, 2.24) is 0 Å². The normalized spacial score (nSPS) is 10.0. The Balaban J connectivity index is 2.27. The minimum atomic E-state index is -0.566. The molecule has 0 aromatic heterocycles. The smallest absolute Gasteiger partial charge is 0.296 e. The topological polar surface area (TPSA) is 90.7 Å². The summed E-state index contributed by atoms with van der Waals surface area (Å²) in [5.74, 6) is 0.439. The highest BCUT2D eigenvalue weighted by Crippen LogP contribution is 2.29. The van der Waals surface area contributed by atoms with Crippen LogP contribution in [0.1, 0.15) is 17.3 Å². The first-order valence-electron chi connectivity index (χ1n) is 6.91. The summed E-state index contributed by atoms with van der Waals surface area (Å²) in [6, 6.07) is 10.8. The number of methoxy groups -OCH3 is 1. The molecule has 120 valence electrons. The fraction of sp³-hybridized carbons (Fsp3) is 0.188. The molecule has 0 bridgehead atoms. The molecule has 0 aliphatic heterocycles. The third-order valence-corrected chi connectivity index (χ3v) is 3.06. The van der Waals surface area contributed by atoms with E-state index < -0.39 is 10.8 Å². The number of carbonyl (C=O) groups excluding carboxylic acids is 1. The van der Waals surface area contributed by atoms with E-state index in [1.807, 2.05) is 0 Å². The first kappa shape index (κ1) is 16.3. The Labute approximate surface area is 133 Å². The van der Waals surface area contributed by atoms with Gasteiger partial charge in [-0.3, -0.25) is 14.9 Å². The van der Waals surface area contributed by atoms with Crippen LogP contribution in [-0.2, 0) is 0 Å². The molecule has 2 aromatic rings. The molecule has 0 radical (unpaired) electrons. The second kappa shape index (κ2) is 7.26. The van der Waals surface area contributed by atoms with Crippen molar-refractivity contribution in [3.8, 4) is 11.5 Å². The van der Waals surface area contributed by atoms with Crippen LogP contribution in [0.3, 0.4) is 0 Å². The molecule has 23 heavy (non-hydrogen) atoms. The van der Waals surface area contributed by atoms with Crippen molar-refractivity contribution < 1.29 is 19.2 Å². The van der Waals surface area contributed by atoms with Gasteiger partial charge >= 0.3 is 0 Å². The summed E-state index contributed by atoms with van der Waals surface area (Å²) in [5.41, 5.74) is 0.214. The third-order valence-electron chi connectivity index (χ3n) is 3.06. The minimum absolute atomic E-state index is 0.103. The van der Waals surface area contributed by atoms with Crippen LogP contribution in [0.15, 0.2) is 42.5 Å². The van der Waals surface area contributed by atoms with Gasteiger partial charge in [0.1, 0.15) is 17.2 Å². The summed E-state index contributed by atoms with van der Waals surface area (Å²) in [6.45, 7) is 2.18. The lowest BCUT2D eigenvalue weighted by Gasteiger charge is -2.09.